The number of esters is 1. The lowest BCUT2D eigenvalue weighted by atomic mass is 10.2. The highest BCUT2D eigenvalue weighted by atomic mass is 31.2. The van der Waals surface area contributed by atoms with Crippen molar-refractivity contribution in [3.63, 3.8) is 0 Å². The summed E-state index contributed by atoms with van der Waals surface area (Å²) in [5, 5.41) is 3.42. The molecule has 31 heavy (non-hydrogen) atoms. The fourth-order valence-electron chi connectivity index (χ4n) is 3.55. The van der Waals surface area contributed by atoms with Crippen molar-refractivity contribution in [2.24, 2.45) is 0 Å². The molecule has 0 aliphatic heterocycles. The molecule has 0 atom stereocenters. The molecule has 0 amide bonds. The predicted octanol–water partition coefficient (Wildman–Crippen LogP) is 4.68. The summed E-state index contributed by atoms with van der Waals surface area (Å²) in [4.78, 5) is 12.6. The summed E-state index contributed by atoms with van der Waals surface area (Å²) in [6.45, 7) is -2.07. The molecule has 0 unspecified atom stereocenters. The Hall–Kier alpha value is -3.57. The molecule has 0 spiro atoms. The highest BCUT2D eigenvalue weighted by molar-refractivity contribution is 7.94. The summed E-state index contributed by atoms with van der Waals surface area (Å²) >= 11 is 0. The van der Waals surface area contributed by atoms with Crippen LogP contribution in [0, 0.1) is 0 Å². The SMILES string of the molecule is O=C(C=C=P(c1ccccc1)(c1ccccc1)c1ccccc1)OCc1ccccc1. The minimum absolute atomic E-state index is 0.241. The molecule has 0 radical (unpaired) electrons. The molecule has 0 saturated heterocycles. The van der Waals surface area contributed by atoms with Crippen LogP contribution in [-0.4, -0.2) is 11.4 Å². The van der Waals surface area contributed by atoms with Crippen LogP contribution in [0.4, 0.5) is 0 Å². The van der Waals surface area contributed by atoms with E-state index in [2.05, 4.69) is 41.8 Å². The normalized spacial score (nSPS) is 10.7. The summed E-state index contributed by atoms with van der Waals surface area (Å²) in [7, 11) is 0. The topological polar surface area (TPSA) is 26.3 Å². The smallest absolute Gasteiger partial charge is 0.338 e. The highest BCUT2D eigenvalue weighted by Gasteiger charge is 2.24. The quantitative estimate of drug-likeness (QED) is 0.256. The molecule has 0 saturated carbocycles. The molecule has 0 aliphatic rings. The van der Waals surface area contributed by atoms with Crippen LogP contribution >= 0.6 is 6.89 Å². The number of benzene rings is 4. The van der Waals surface area contributed by atoms with E-state index >= 15 is 0 Å². The number of rotatable bonds is 6. The molecule has 3 heteroatoms. The van der Waals surface area contributed by atoms with Crippen LogP contribution in [0.3, 0.4) is 0 Å². The van der Waals surface area contributed by atoms with Gasteiger partial charge in [-0.25, -0.2) is 4.79 Å². The average Bonchev–Trinajstić information content (AvgIpc) is 2.86. The van der Waals surface area contributed by atoms with E-state index in [1.165, 1.54) is 6.08 Å². The Morgan fingerprint density at radius 1 is 0.645 bits per heavy atom. The Balaban J connectivity index is 1.85. The predicted molar refractivity (Wildman–Crippen MR) is 131 cm³/mol. The summed E-state index contributed by atoms with van der Waals surface area (Å²) in [6.07, 6.45) is 1.48. The Bertz CT molecular complexity index is 1110. The van der Waals surface area contributed by atoms with Gasteiger partial charge in [0.2, 0.25) is 0 Å². The summed E-state index contributed by atoms with van der Waals surface area (Å²) < 4.78 is 5.49. The van der Waals surface area contributed by atoms with Gasteiger partial charge in [0.1, 0.15) is 6.61 Å². The molecule has 4 aromatic rings. The Morgan fingerprint density at radius 2 is 1.03 bits per heavy atom. The second kappa shape index (κ2) is 9.96. The van der Waals surface area contributed by atoms with Crippen molar-refractivity contribution in [3.8, 4) is 0 Å². The molecule has 0 aliphatic carbocycles. The van der Waals surface area contributed by atoms with E-state index in [9.17, 15) is 4.79 Å². The highest BCUT2D eigenvalue weighted by Crippen LogP contribution is 2.42. The number of hydrogen-bond acceptors (Lipinski definition) is 2. The minimum Gasteiger partial charge on any atom is -0.457 e. The minimum atomic E-state index is -2.31. The average molecular weight is 422 g/mol. The second-order valence-corrected chi connectivity index (χ2v) is 10.2. The number of ether oxygens (including phenoxy) is 1. The lowest BCUT2D eigenvalue weighted by Crippen LogP contribution is -2.26. The van der Waals surface area contributed by atoms with Crippen LogP contribution in [0.5, 0.6) is 0 Å². The maximum atomic E-state index is 12.6. The molecule has 0 heterocycles. The van der Waals surface area contributed by atoms with Gasteiger partial charge in [-0.3, -0.25) is 0 Å². The first-order valence-electron chi connectivity index (χ1n) is 10.2. The van der Waals surface area contributed by atoms with Crippen LogP contribution < -0.4 is 15.9 Å². The molecule has 0 aromatic heterocycles. The second-order valence-electron chi connectivity index (χ2n) is 7.04. The van der Waals surface area contributed by atoms with Crippen LogP contribution in [0.1, 0.15) is 5.56 Å². The van der Waals surface area contributed by atoms with Crippen molar-refractivity contribution in [1.82, 2.24) is 0 Å². The van der Waals surface area contributed by atoms with Crippen molar-refractivity contribution in [3.05, 3.63) is 133 Å². The van der Waals surface area contributed by atoms with Crippen molar-refractivity contribution in [1.29, 1.82) is 0 Å². The summed E-state index contributed by atoms with van der Waals surface area (Å²) in [5.41, 5.74) is 4.49. The first-order valence-corrected chi connectivity index (χ1v) is 12.0. The molecule has 4 rings (SSSR count). The molecule has 152 valence electrons. The van der Waals surface area contributed by atoms with Gasteiger partial charge in [-0.05, 0) is 21.5 Å². The first-order chi connectivity index (χ1) is 15.3. The first kappa shape index (κ1) is 20.7. The third-order valence-corrected chi connectivity index (χ3v) is 8.77. The summed E-state index contributed by atoms with van der Waals surface area (Å²) in [6, 6.07) is 40.6. The van der Waals surface area contributed by atoms with Crippen LogP contribution in [0.2, 0.25) is 0 Å². The van der Waals surface area contributed by atoms with Gasteiger partial charge in [-0.2, -0.15) is 0 Å². The van der Waals surface area contributed by atoms with E-state index in [0.717, 1.165) is 21.5 Å². The van der Waals surface area contributed by atoms with Gasteiger partial charge in [0.15, 0.2) is 0 Å². The Kier molecular flexibility index (Phi) is 6.65. The zero-order valence-corrected chi connectivity index (χ0v) is 18.0. The number of carbonyl (C=O) groups excluding carboxylic acids is 1. The lowest BCUT2D eigenvalue weighted by molar-refractivity contribution is -0.138. The molecular formula is C28H23O2P. The molecule has 4 aromatic carbocycles. The molecule has 0 bridgehead atoms. The van der Waals surface area contributed by atoms with E-state index in [4.69, 9.17) is 4.74 Å². The number of carbonyl (C=O) groups is 1. The van der Waals surface area contributed by atoms with Crippen molar-refractivity contribution < 1.29 is 9.53 Å². The third-order valence-electron chi connectivity index (χ3n) is 5.03. The fourth-order valence-corrected chi connectivity index (χ4v) is 7.04. The van der Waals surface area contributed by atoms with Gasteiger partial charge in [0.05, 0.1) is 6.08 Å². The lowest BCUT2D eigenvalue weighted by Gasteiger charge is -2.25. The fraction of sp³-hybridized carbons (Fsp3) is 0.0357. The van der Waals surface area contributed by atoms with Gasteiger partial charge >= 0.3 is 5.97 Å². The molecular weight excluding hydrogens is 399 g/mol. The van der Waals surface area contributed by atoms with Gasteiger partial charge in [0, 0.05) is 6.89 Å². The summed E-state index contributed by atoms with van der Waals surface area (Å²) in [5.74, 6) is -0.393. The van der Waals surface area contributed by atoms with Crippen LogP contribution in [0.15, 0.2) is 127 Å². The van der Waals surface area contributed by atoms with E-state index < -0.39 is 12.9 Å². The third kappa shape index (κ3) is 4.78. The van der Waals surface area contributed by atoms with Gasteiger partial charge in [0.25, 0.3) is 0 Å². The van der Waals surface area contributed by atoms with Crippen molar-refractivity contribution in [2.75, 3.05) is 0 Å². The van der Waals surface area contributed by atoms with Crippen molar-refractivity contribution >= 4 is 34.2 Å². The van der Waals surface area contributed by atoms with Gasteiger partial charge in [-0.15, -0.1) is 5.45 Å². The van der Waals surface area contributed by atoms with Gasteiger partial charge in [-0.1, -0.05) is 121 Å². The van der Waals surface area contributed by atoms with Crippen LogP contribution in [-0.2, 0) is 16.1 Å². The van der Waals surface area contributed by atoms with E-state index in [1.807, 2.05) is 84.9 Å². The van der Waals surface area contributed by atoms with Crippen molar-refractivity contribution in [2.45, 2.75) is 6.61 Å². The molecule has 2 nitrogen and oxygen atoms in total. The monoisotopic (exact) mass is 422 g/mol. The van der Waals surface area contributed by atoms with E-state index in [-0.39, 0.29) is 6.61 Å². The zero-order chi connectivity index (χ0) is 21.4. The molecule has 0 fully saturated rings. The van der Waals surface area contributed by atoms with E-state index in [0.29, 0.717) is 0 Å². The van der Waals surface area contributed by atoms with Crippen LogP contribution in [0.25, 0.3) is 0 Å². The maximum Gasteiger partial charge on any atom is 0.338 e. The standard InChI is InChI=1S/C28H23O2P/c29-28(30-23-24-13-5-1-6-14-24)21-22-31(25-15-7-2-8-16-25,26-17-9-3-10-18-26)27-19-11-4-12-20-27/h1-21H,23H2. The van der Waals surface area contributed by atoms with E-state index in [1.54, 1.807) is 0 Å². The molecule has 0 N–H and O–H groups in total. The largest absolute Gasteiger partial charge is 0.457 e. The zero-order valence-electron chi connectivity index (χ0n) is 17.1. The maximum absolute atomic E-state index is 12.6. The van der Waals surface area contributed by atoms with Gasteiger partial charge < -0.3 is 4.74 Å². The number of hydrogen-bond donors (Lipinski definition) is 0. The Morgan fingerprint density at radius 3 is 1.45 bits per heavy atom. The Labute approximate surface area is 183 Å².